The van der Waals surface area contributed by atoms with Crippen LogP contribution in [-0.4, -0.2) is 37.3 Å². The highest BCUT2D eigenvalue weighted by Crippen LogP contribution is 2.33. The molecule has 2 atom stereocenters. The Morgan fingerprint density at radius 1 is 1.11 bits per heavy atom. The lowest BCUT2D eigenvalue weighted by atomic mass is 9.93. The Labute approximate surface area is 163 Å². The summed E-state index contributed by atoms with van der Waals surface area (Å²) in [5.74, 6) is 2.26. The van der Waals surface area contributed by atoms with E-state index < -0.39 is 0 Å². The van der Waals surface area contributed by atoms with Gasteiger partial charge in [-0.25, -0.2) is 9.97 Å². The van der Waals surface area contributed by atoms with Crippen LogP contribution in [-0.2, 0) is 18.2 Å². The summed E-state index contributed by atoms with van der Waals surface area (Å²) in [5, 5.41) is 1.22. The Kier molecular flexibility index (Phi) is 4.20. The lowest BCUT2D eigenvalue weighted by Gasteiger charge is -2.21. The van der Waals surface area contributed by atoms with Crippen LogP contribution < -0.4 is 0 Å². The monoisotopic (exact) mass is 373 g/mol. The second-order valence-electron chi connectivity index (χ2n) is 7.50. The maximum atomic E-state index is 5.91. The van der Waals surface area contributed by atoms with Crippen LogP contribution in [0.3, 0.4) is 0 Å². The predicted octanol–water partition coefficient (Wildman–Crippen LogP) is 3.57. The smallest absolute Gasteiger partial charge is 0.160 e. The van der Waals surface area contributed by atoms with Crippen LogP contribution in [0.5, 0.6) is 0 Å². The quantitative estimate of drug-likeness (QED) is 0.549. The molecule has 1 aromatic carbocycles. The van der Waals surface area contributed by atoms with Crippen molar-refractivity contribution < 1.29 is 4.74 Å². The number of aromatic nitrogens is 5. The number of para-hydroxylation sites is 1. The van der Waals surface area contributed by atoms with Gasteiger partial charge in [0.15, 0.2) is 5.82 Å². The van der Waals surface area contributed by atoms with E-state index in [1.165, 1.54) is 10.9 Å². The normalized spacial score (nSPS) is 19.5. The van der Waals surface area contributed by atoms with Crippen LogP contribution in [0.2, 0.25) is 0 Å². The molecule has 0 unspecified atom stereocenters. The highest BCUT2D eigenvalue weighted by atomic mass is 16.5. The molecule has 4 heterocycles. The Morgan fingerprint density at radius 3 is 2.86 bits per heavy atom. The van der Waals surface area contributed by atoms with Crippen molar-refractivity contribution in [3.63, 3.8) is 0 Å². The average molecular weight is 373 g/mol. The van der Waals surface area contributed by atoms with Crippen LogP contribution >= 0.6 is 0 Å². The van der Waals surface area contributed by atoms with Crippen molar-refractivity contribution in [2.75, 3.05) is 13.2 Å². The minimum Gasteiger partial charge on any atom is -0.379 e. The summed E-state index contributed by atoms with van der Waals surface area (Å²) in [6.45, 7) is 3.45. The summed E-state index contributed by atoms with van der Waals surface area (Å²) >= 11 is 0. The van der Waals surface area contributed by atoms with Crippen LogP contribution in [0.4, 0.5) is 0 Å². The maximum Gasteiger partial charge on any atom is 0.160 e. The van der Waals surface area contributed by atoms with Crippen LogP contribution in [0.25, 0.3) is 22.4 Å². The second-order valence-corrected chi connectivity index (χ2v) is 7.50. The number of rotatable bonds is 4. The first kappa shape index (κ1) is 17.1. The zero-order valence-electron chi connectivity index (χ0n) is 16.1. The summed E-state index contributed by atoms with van der Waals surface area (Å²) in [6, 6.07) is 10.7. The van der Waals surface area contributed by atoms with Crippen molar-refractivity contribution in [2.24, 2.45) is 13.0 Å². The van der Waals surface area contributed by atoms with Crippen molar-refractivity contribution in [2.45, 2.75) is 19.4 Å². The van der Waals surface area contributed by atoms with E-state index in [4.69, 9.17) is 4.74 Å². The van der Waals surface area contributed by atoms with Crippen molar-refractivity contribution >= 4 is 10.9 Å². The fourth-order valence-corrected chi connectivity index (χ4v) is 4.15. The second kappa shape index (κ2) is 6.87. The predicted molar refractivity (Wildman–Crippen MR) is 108 cm³/mol. The van der Waals surface area contributed by atoms with Gasteiger partial charge in [-0.2, -0.15) is 0 Å². The van der Waals surface area contributed by atoms with Crippen LogP contribution in [0.1, 0.15) is 17.4 Å². The van der Waals surface area contributed by atoms with Crippen molar-refractivity contribution in [1.29, 1.82) is 0 Å². The molecule has 6 nitrogen and oxygen atoms in total. The number of fused-ring (bicyclic) bond motifs is 1. The van der Waals surface area contributed by atoms with Crippen molar-refractivity contribution in [3.8, 4) is 11.5 Å². The molecule has 6 heteroatoms. The van der Waals surface area contributed by atoms with Gasteiger partial charge < -0.3 is 13.9 Å². The van der Waals surface area contributed by atoms with E-state index in [9.17, 15) is 0 Å². The van der Waals surface area contributed by atoms with Crippen LogP contribution in [0.15, 0.2) is 55.1 Å². The molecule has 3 aromatic heterocycles. The first-order valence-electron chi connectivity index (χ1n) is 9.64. The number of hydrogen-bond acceptors (Lipinski definition) is 4. The number of imidazole rings is 2. The Hall–Kier alpha value is -2.99. The Morgan fingerprint density at radius 2 is 2.00 bits per heavy atom. The molecular formula is C22H23N5O. The van der Waals surface area contributed by atoms with Gasteiger partial charge in [-0.05, 0) is 31.0 Å². The van der Waals surface area contributed by atoms with Gasteiger partial charge in [-0.15, -0.1) is 0 Å². The van der Waals surface area contributed by atoms with E-state index in [1.54, 1.807) is 0 Å². The molecule has 142 valence electrons. The molecule has 0 amide bonds. The van der Waals surface area contributed by atoms with Gasteiger partial charge in [0, 0.05) is 43.1 Å². The fourth-order valence-electron chi connectivity index (χ4n) is 4.15. The molecule has 28 heavy (non-hydrogen) atoms. The van der Waals surface area contributed by atoms with E-state index in [-0.39, 0.29) is 6.04 Å². The summed E-state index contributed by atoms with van der Waals surface area (Å²) < 4.78 is 10.2. The van der Waals surface area contributed by atoms with E-state index >= 15 is 0 Å². The number of aryl methyl sites for hydroxylation is 2. The third-order valence-corrected chi connectivity index (χ3v) is 5.75. The zero-order valence-corrected chi connectivity index (χ0v) is 16.1. The average Bonchev–Trinajstić information content (AvgIpc) is 3.42. The minimum absolute atomic E-state index is 0.242. The van der Waals surface area contributed by atoms with Crippen molar-refractivity contribution in [1.82, 2.24) is 24.1 Å². The maximum absolute atomic E-state index is 5.91. The zero-order chi connectivity index (χ0) is 19.1. The van der Waals surface area contributed by atoms with Crippen molar-refractivity contribution in [3.05, 3.63) is 66.5 Å². The molecule has 0 aliphatic carbocycles. The highest BCUT2D eigenvalue weighted by molar-refractivity contribution is 5.81. The van der Waals surface area contributed by atoms with Gasteiger partial charge in [0.2, 0.25) is 0 Å². The van der Waals surface area contributed by atoms with Crippen LogP contribution in [0, 0.1) is 12.8 Å². The van der Waals surface area contributed by atoms with Gasteiger partial charge in [0.05, 0.1) is 24.8 Å². The molecule has 4 aromatic rings. The Balaban J connectivity index is 1.48. The lowest BCUT2D eigenvalue weighted by Crippen LogP contribution is -2.20. The topological polar surface area (TPSA) is 57.8 Å². The number of nitrogens with zero attached hydrogens (tertiary/aromatic N) is 5. The summed E-state index contributed by atoms with van der Waals surface area (Å²) in [5.41, 5.74) is 3.27. The largest absolute Gasteiger partial charge is 0.379 e. The van der Waals surface area contributed by atoms with Gasteiger partial charge in [-0.1, -0.05) is 18.2 Å². The lowest BCUT2D eigenvalue weighted by molar-refractivity contribution is 0.181. The summed E-state index contributed by atoms with van der Waals surface area (Å²) in [6.07, 6.45) is 8.80. The van der Waals surface area contributed by atoms with E-state index in [2.05, 4.69) is 50.0 Å². The molecule has 0 N–H and O–H groups in total. The molecule has 0 bridgehead atoms. The first-order chi connectivity index (χ1) is 13.7. The third kappa shape index (κ3) is 2.90. The van der Waals surface area contributed by atoms with E-state index in [0.717, 1.165) is 35.9 Å². The number of pyridine rings is 1. The van der Waals surface area contributed by atoms with Gasteiger partial charge in [0.25, 0.3) is 0 Å². The number of ether oxygens (including phenoxy) is 1. The molecule has 1 aliphatic heterocycles. The van der Waals surface area contributed by atoms with Gasteiger partial charge >= 0.3 is 0 Å². The number of benzene rings is 1. The molecule has 1 aliphatic rings. The van der Waals surface area contributed by atoms with E-state index in [0.29, 0.717) is 12.5 Å². The van der Waals surface area contributed by atoms with E-state index in [1.807, 2.05) is 43.2 Å². The minimum atomic E-state index is 0.242. The summed E-state index contributed by atoms with van der Waals surface area (Å²) in [4.78, 5) is 13.8. The Bertz CT molecular complexity index is 1100. The molecule has 0 spiro atoms. The molecule has 1 fully saturated rings. The molecule has 0 saturated carbocycles. The fraction of sp³-hybridized carbons (Fsp3) is 0.318. The standard InChI is InChI=1S/C22H23N5O/c1-15-25-20(12-26(15)2)22-24-9-10-27(22)21-14-28-13-17(21)11-16-7-8-23-19-6-4-3-5-18(16)19/h3-10,12,17,21H,11,13-14H2,1-2H3/t17-,21-/m1/s1. The molecule has 5 rings (SSSR count). The molecular weight excluding hydrogens is 350 g/mol. The highest BCUT2D eigenvalue weighted by Gasteiger charge is 2.32. The first-order valence-corrected chi connectivity index (χ1v) is 9.64. The SMILES string of the molecule is Cc1nc(-c2nccn2[C@@H]2COC[C@H]2Cc2ccnc3ccccc23)cn1C. The van der Waals surface area contributed by atoms with Gasteiger partial charge in [0.1, 0.15) is 11.5 Å². The number of hydrogen-bond donors (Lipinski definition) is 0. The summed E-state index contributed by atoms with van der Waals surface area (Å²) in [7, 11) is 2.01. The molecule has 1 saturated heterocycles. The third-order valence-electron chi connectivity index (χ3n) is 5.75. The molecule has 0 radical (unpaired) electrons. The van der Waals surface area contributed by atoms with Gasteiger partial charge in [-0.3, -0.25) is 4.98 Å².